The minimum atomic E-state index is -4.73. The van der Waals surface area contributed by atoms with Crippen LogP contribution in [0.2, 0.25) is 0 Å². The van der Waals surface area contributed by atoms with Crippen molar-refractivity contribution in [3.05, 3.63) is 42.1 Å². The number of nitrogens with zero attached hydrogens (tertiary/aromatic N) is 1. The lowest BCUT2D eigenvalue weighted by molar-refractivity contribution is -0.142. The fraction of sp³-hybridized carbons (Fsp3) is 0.615. The maximum Gasteiger partial charge on any atom is 0.432 e. The Bertz CT molecular complexity index is 1060. The van der Waals surface area contributed by atoms with E-state index < -0.39 is 28.9 Å². The van der Waals surface area contributed by atoms with Crippen LogP contribution >= 0.6 is 0 Å². The third-order valence-corrected chi connectivity index (χ3v) is 7.80. The summed E-state index contributed by atoms with van der Waals surface area (Å²) in [5, 5.41) is 9.05. The number of halogens is 3. The van der Waals surface area contributed by atoms with Crippen LogP contribution in [0.5, 0.6) is 0 Å². The topological polar surface area (TPSA) is 84.4 Å². The van der Waals surface area contributed by atoms with Crippen LogP contribution in [0.4, 0.5) is 13.2 Å². The minimum absolute atomic E-state index is 0.0633. The Morgan fingerprint density at radius 2 is 1.83 bits per heavy atom. The highest BCUT2D eigenvalue weighted by Crippen LogP contribution is 2.55. The molecule has 4 saturated carbocycles. The van der Waals surface area contributed by atoms with Crippen LogP contribution in [0.1, 0.15) is 68.9 Å². The van der Waals surface area contributed by atoms with Gasteiger partial charge in [0.2, 0.25) is 5.91 Å². The monoisotopic (exact) mass is 508 g/mol. The first kappa shape index (κ1) is 26.2. The van der Waals surface area contributed by atoms with E-state index in [-0.39, 0.29) is 35.2 Å². The van der Waals surface area contributed by atoms with Crippen molar-refractivity contribution in [2.24, 2.45) is 17.8 Å². The van der Waals surface area contributed by atoms with E-state index in [2.05, 4.69) is 22.5 Å². The molecule has 0 radical (unpaired) electrons. The molecule has 1 heterocycles. The van der Waals surface area contributed by atoms with E-state index in [0.717, 1.165) is 36.7 Å². The summed E-state index contributed by atoms with van der Waals surface area (Å²) in [5.74, 6) is 0.264. The number of aromatic nitrogens is 1. The predicted octanol–water partition coefficient (Wildman–Crippen LogP) is 4.28. The van der Waals surface area contributed by atoms with Crippen molar-refractivity contribution in [3.63, 3.8) is 0 Å². The predicted molar refractivity (Wildman–Crippen MR) is 129 cm³/mol. The Labute approximate surface area is 209 Å². The van der Waals surface area contributed by atoms with Gasteiger partial charge in [0.05, 0.1) is 18.2 Å². The number of nitrogens with one attached hydrogen (secondary N) is 3. The minimum Gasteiger partial charge on any atom is -0.483 e. The number of carbonyl (C=O) groups excluding carboxylic acids is 2. The summed E-state index contributed by atoms with van der Waals surface area (Å²) in [5.41, 5.74) is -2.41. The SMILES string of the molecule is C=C(NC(C)(C)/C=C/n1ccc(C(=O)NC2C3CC4CC2CC(NC(C)=O)(C4)C3)c1C(F)(F)F)OC. The second-order valence-corrected chi connectivity index (χ2v) is 11.2. The van der Waals surface area contributed by atoms with Gasteiger partial charge in [0.25, 0.3) is 5.91 Å². The molecule has 4 bridgehead atoms. The third kappa shape index (κ3) is 5.27. The molecule has 1 aromatic rings. The van der Waals surface area contributed by atoms with Crippen LogP contribution < -0.4 is 16.0 Å². The molecule has 4 aliphatic rings. The van der Waals surface area contributed by atoms with E-state index in [1.807, 2.05) is 0 Å². The second-order valence-electron chi connectivity index (χ2n) is 11.2. The summed E-state index contributed by atoms with van der Waals surface area (Å²) in [6, 6.07) is 1.02. The molecule has 7 nitrogen and oxygen atoms in total. The molecule has 4 aliphatic carbocycles. The molecule has 0 aliphatic heterocycles. The molecular weight excluding hydrogens is 473 g/mol. The average molecular weight is 509 g/mol. The molecular formula is C26H35F3N4O3. The molecule has 2 amide bonds. The van der Waals surface area contributed by atoms with Crippen molar-refractivity contribution in [2.75, 3.05) is 7.11 Å². The van der Waals surface area contributed by atoms with Gasteiger partial charge >= 0.3 is 6.18 Å². The Hall–Kier alpha value is -2.91. The zero-order chi connectivity index (χ0) is 26.5. The zero-order valence-corrected chi connectivity index (χ0v) is 21.2. The Kier molecular flexibility index (Phi) is 6.68. The number of alkyl halides is 3. The number of methoxy groups -OCH3 is 1. The summed E-state index contributed by atoms with van der Waals surface area (Å²) in [6.45, 7) is 8.71. The first-order valence-corrected chi connectivity index (χ1v) is 12.3. The van der Waals surface area contributed by atoms with Crippen LogP contribution in [-0.4, -0.2) is 40.6 Å². The van der Waals surface area contributed by atoms with Crippen LogP contribution in [0.15, 0.2) is 30.8 Å². The Balaban J connectivity index is 1.54. The summed E-state index contributed by atoms with van der Waals surface area (Å²) in [6.07, 6.45) is 3.64. The number of ether oxygens (including phenoxy) is 1. The van der Waals surface area contributed by atoms with Gasteiger partial charge in [-0.2, -0.15) is 13.2 Å². The highest BCUT2D eigenvalue weighted by atomic mass is 19.4. The van der Waals surface area contributed by atoms with Crippen molar-refractivity contribution in [1.82, 2.24) is 20.5 Å². The number of hydrogen-bond donors (Lipinski definition) is 3. The molecule has 0 spiro atoms. The van der Waals surface area contributed by atoms with Gasteiger partial charge in [0.1, 0.15) is 5.69 Å². The second kappa shape index (κ2) is 9.19. The summed E-state index contributed by atoms with van der Waals surface area (Å²) in [7, 11) is 1.44. The van der Waals surface area contributed by atoms with Gasteiger partial charge in [0.15, 0.2) is 5.88 Å². The molecule has 36 heavy (non-hydrogen) atoms. The maximum atomic E-state index is 14.1. The molecule has 1 aromatic heterocycles. The van der Waals surface area contributed by atoms with Gasteiger partial charge < -0.3 is 25.3 Å². The summed E-state index contributed by atoms with van der Waals surface area (Å²) < 4.78 is 48.2. The quantitative estimate of drug-likeness (QED) is 0.458. The van der Waals surface area contributed by atoms with E-state index in [1.54, 1.807) is 19.9 Å². The molecule has 10 heteroatoms. The van der Waals surface area contributed by atoms with Crippen molar-refractivity contribution >= 4 is 18.0 Å². The maximum absolute atomic E-state index is 14.1. The van der Waals surface area contributed by atoms with E-state index in [1.165, 1.54) is 32.5 Å². The molecule has 198 valence electrons. The Morgan fingerprint density at radius 1 is 1.19 bits per heavy atom. The summed E-state index contributed by atoms with van der Waals surface area (Å²) >= 11 is 0. The van der Waals surface area contributed by atoms with Crippen molar-refractivity contribution < 1.29 is 27.5 Å². The van der Waals surface area contributed by atoms with Gasteiger partial charge in [-0.15, -0.1) is 0 Å². The van der Waals surface area contributed by atoms with Gasteiger partial charge in [-0.25, -0.2) is 0 Å². The van der Waals surface area contributed by atoms with Gasteiger partial charge in [-0.3, -0.25) is 9.59 Å². The van der Waals surface area contributed by atoms with Crippen LogP contribution in [0.25, 0.3) is 6.20 Å². The van der Waals surface area contributed by atoms with Crippen LogP contribution in [-0.2, 0) is 15.7 Å². The van der Waals surface area contributed by atoms with Crippen molar-refractivity contribution in [2.45, 2.75) is 76.2 Å². The average Bonchev–Trinajstić information content (AvgIpc) is 3.18. The number of amides is 2. The first-order chi connectivity index (χ1) is 16.7. The lowest BCUT2D eigenvalue weighted by Gasteiger charge is -2.60. The molecule has 4 fully saturated rings. The zero-order valence-electron chi connectivity index (χ0n) is 21.2. The van der Waals surface area contributed by atoms with E-state index in [4.69, 9.17) is 4.74 Å². The van der Waals surface area contributed by atoms with Crippen LogP contribution in [0.3, 0.4) is 0 Å². The van der Waals surface area contributed by atoms with Crippen LogP contribution in [0, 0.1) is 17.8 Å². The molecule has 5 rings (SSSR count). The van der Waals surface area contributed by atoms with Crippen molar-refractivity contribution in [1.29, 1.82) is 0 Å². The van der Waals surface area contributed by atoms with E-state index >= 15 is 0 Å². The molecule has 2 atom stereocenters. The standard InChI is InChI=1S/C26H35F3N4O3/c1-15(34)31-25-12-17-10-18(13-25)21(19(11-17)14-25)30-23(35)20-6-8-33(22(20)26(27,28)29)9-7-24(3,4)32-16(2)36-5/h6-9,17-19,21,32H,2,10-14H2,1,3-5H3,(H,30,35)(H,31,34)/b9-7+. The highest BCUT2D eigenvalue weighted by Gasteiger charge is 2.56. The molecule has 3 N–H and O–H groups in total. The fourth-order valence-corrected chi connectivity index (χ4v) is 6.79. The highest BCUT2D eigenvalue weighted by molar-refractivity contribution is 5.96. The smallest absolute Gasteiger partial charge is 0.432 e. The normalized spacial score (nSPS) is 29.3. The first-order valence-electron chi connectivity index (χ1n) is 12.3. The molecule has 0 aromatic carbocycles. The lowest BCUT2D eigenvalue weighted by atomic mass is 9.51. The van der Waals surface area contributed by atoms with E-state index in [0.29, 0.717) is 5.92 Å². The van der Waals surface area contributed by atoms with Gasteiger partial charge in [-0.05, 0) is 82.4 Å². The largest absolute Gasteiger partial charge is 0.483 e. The number of carbonyl (C=O) groups is 2. The molecule has 2 unspecified atom stereocenters. The van der Waals surface area contributed by atoms with E-state index in [9.17, 15) is 22.8 Å². The Morgan fingerprint density at radius 3 is 2.39 bits per heavy atom. The van der Waals surface area contributed by atoms with Gasteiger partial charge in [-0.1, -0.05) is 0 Å². The number of hydrogen-bond acceptors (Lipinski definition) is 4. The third-order valence-electron chi connectivity index (χ3n) is 7.80. The summed E-state index contributed by atoms with van der Waals surface area (Å²) in [4.78, 5) is 25.0. The number of rotatable bonds is 8. The lowest BCUT2D eigenvalue weighted by Crippen LogP contribution is -2.66. The van der Waals surface area contributed by atoms with Gasteiger partial charge in [0, 0.05) is 30.9 Å². The fourth-order valence-electron chi connectivity index (χ4n) is 6.79. The van der Waals surface area contributed by atoms with Crippen molar-refractivity contribution in [3.8, 4) is 0 Å². The molecule has 0 saturated heterocycles.